The smallest absolute Gasteiger partial charge is 0.0337 e. The van der Waals surface area contributed by atoms with Gasteiger partial charge in [0.2, 0.25) is 0 Å². The summed E-state index contributed by atoms with van der Waals surface area (Å²) >= 11 is 0. The van der Waals surface area contributed by atoms with E-state index in [9.17, 15) is 0 Å². The average molecular weight is 266 g/mol. The van der Waals surface area contributed by atoms with Crippen molar-refractivity contribution in [2.75, 3.05) is 13.1 Å². The molecule has 0 heterocycles. The zero-order valence-corrected chi connectivity index (χ0v) is 13.5. The maximum absolute atomic E-state index is 6.28. The Morgan fingerprint density at radius 2 is 1.84 bits per heavy atom. The lowest BCUT2D eigenvalue weighted by molar-refractivity contribution is 0.0119. The summed E-state index contributed by atoms with van der Waals surface area (Å²) in [5.41, 5.74) is 6.60. The molecule has 3 atom stereocenters. The van der Waals surface area contributed by atoms with Crippen LogP contribution in [0.5, 0.6) is 0 Å². The Balaban J connectivity index is 2.07. The monoisotopic (exact) mass is 266 g/mol. The van der Waals surface area contributed by atoms with Crippen LogP contribution in [0.4, 0.5) is 0 Å². The van der Waals surface area contributed by atoms with Gasteiger partial charge in [-0.15, -0.1) is 0 Å². The molecular formula is C17H34N2. The molecule has 2 rings (SSSR count). The molecule has 0 radical (unpaired) electrons. The van der Waals surface area contributed by atoms with Crippen molar-refractivity contribution in [1.82, 2.24) is 4.90 Å². The Kier molecular flexibility index (Phi) is 4.94. The minimum atomic E-state index is 0.321. The zero-order valence-electron chi connectivity index (χ0n) is 13.5. The Labute approximate surface area is 120 Å². The summed E-state index contributed by atoms with van der Waals surface area (Å²) in [4.78, 5) is 2.83. The van der Waals surface area contributed by atoms with E-state index in [0.29, 0.717) is 5.54 Å². The molecule has 19 heavy (non-hydrogen) atoms. The van der Waals surface area contributed by atoms with Gasteiger partial charge in [0.25, 0.3) is 0 Å². The Morgan fingerprint density at radius 3 is 2.32 bits per heavy atom. The van der Waals surface area contributed by atoms with Gasteiger partial charge in [0.1, 0.15) is 0 Å². The topological polar surface area (TPSA) is 29.3 Å². The first-order chi connectivity index (χ1) is 8.98. The van der Waals surface area contributed by atoms with Crippen LogP contribution in [0.3, 0.4) is 0 Å². The molecule has 2 nitrogen and oxygen atoms in total. The van der Waals surface area contributed by atoms with Crippen LogP contribution in [-0.4, -0.2) is 29.6 Å². The molecule has 0 aromatic carbocycles. The molecule has 0 bridgehead atoms. The second-order valence-electron chi connectivity index (χ2n) is 7.73. The first-order valence-corrected chi connectivity index (χ1v) is 8.45. The van der Waals surface area contributed by atoms with E-state index < -0.39 is 0 Å². The summed E-state index contributed by atoms with van der Waals surface area (Å²) in [6.07, 6.45) is 8.14. The van der Waals surface area contributed by atoms with E-state index in [1.54, 1.807) is 0 Å². The molecule has 2 heteroatoms. The van der Waals surface area contributed by atoms with Crippen molar-refractivity contribution in [3.8, 4) is 0 Å². The summed E-state index contributed by atoms with van der Waals surface area (Å²) in [5.74, 6) is 2.51. The lowest BCUT2D eigenvalue weighted by atomic mass is 9.70. The number of rotatable bonds is 6. The second-order valence-corrected chi connectivity index (χ2v) is 7.73. The maximum atomic E-state index is 6.28. The van der Waals surface area contributed by atoms with Crippen LogP contribution in [0.25, 0.3) is 0 Å². The van der Waals surface area contributed by atoms with Crippen LogP contribution >= 0.6 is 0 Å². The number of hydrogen-bond donors (Lipinski definition) is 1. The predicted molar refractivity (Wildman–Crippen MR) is 83.1 cm³/mol. The van der Waals surface area contributed by atoms with Crippen molar-refractivity contribution in [3.63, 3.8) is 0 Å². The predicted octanol–water partition coefficient (Wildman–Crippen LogP) is 3.65. The summed E-state index contributed by atoms with van der Waals surface area (Å²) in [6, 6.07) is 0.850. The minimum Gasteiger partial charge on any atom is -0.329 e. The number of nitrogens with two attached hydrogens (primary N) is 1. The fourth-order valence-electron chi connectivity index (χ4n) is 3.84. The molecule has 2 N–H and O–H groups in total. The van der Waals surface area contributed by atoms with Crippen molar-refractivity contribution >= 4 is 0 Å². The fourth-order valence-corrected chi connectivity index (χ4v) is 3.84. The summed E-state index contributed by atoms with van der Waals surface area (Å²) < 4.78 is 0. The van der Waals surface area contributed by atoms with E-state index in [2.05, 4.69) is 32.6 Å². The molecular weight excluding hydrogens is 232 g/mol. The van der Waals surface area contributed by atoms with E-state index in [1.165, 1.54) is 45.1 Å². The average Bonchev–Trinajstić information content (AvgIpc) is 3.18. The van der Waals surface area contributed by atoms with Gasteiger partial charge in [-0.3, -0.25) is 4.90 Å². The molecule has 0 spiro atoms. The van der Waals surface area contributed by atoms with E-state index in [4.69, 9.17) is 5.73 Å². The second kappa shape index (κ2) is 6.13. The van der Waals surface area contributed by atoms with E-state index in [0.717, 1.165) is 30.3 Å². The highest BCUT2D eigenvalue weighted by Crippen LogP contribution is 2.44. The molecule has 0 amide bonds. The SMILES string of the molecule is CC(C)CCN(C1CC1)C1(CN)CCC(C)C(C)C1. The number of nitrogens with zero attached hydrogens (tertiary/aromatic N) is 1. The molecule has 0 saturated heterocycles. The van der Waals surface area contributed by atoms with Gasteiger partial charge in [-0.2, -0.15) is 0 Å². The Hall–Kier alpha value is -0.0800. The van der Waals surface area contributed by atoms with Crippen LogP contribution in [0.1, 0.15) is 66.2 Å². The first kappa shape index (κ1) is 15.3. The van der Waals surface area contributed by atoms with Crippen LogP contribution in [0.15, 0.2) is 0 Å². The van der Waals surface area contributed by atoms with Gasteiger partial charge in [-0.05, 0) is 62.8 Å². The van der Waals surface area contributed by atoms with Crippen LogP contribution in [-0.2, 0) is 0 Å². The first-order valence-electron chi connectivity index (χ1n) is 8.45. The van der Waals surface area contributed by atoms with Gasteiger partial charge >= 0.3 is 0 Å². The van der Waals surface area contributed by atoms with E-state index >= 15 is 0 Å². The van der Waals surface area contributed by atoms with Crippen LogP contribution < -0.4 is 5.73 Å². The molecule has 0 aromatic rings. The molecule has 0 aliphatic heterocycles. The molecule has 2 aliphatic carbocycles. The zero-order chi connectivity index (χ0) is 14.0. The van der Waals surface area contributed by atoms with Gasteiger partial charge in [0.15, 0.2) is 0 Å². The summed E-state index contributed by atoms with van der Waals surface area (Å²) in [7, 11) is 0. The van der Waals surface area contributed by atoms with Gasteiger partial charge in [-0.25, -0.2) is 0 Å². The lowest BCUT2D eigenvalue weighted by Crippen LogP contribution is -2.58. The van der Waals surface area contributed by atoms with Crippen LogP contribution in [0, 0.1) is 17.8 Å². The number of hydrogen-bond acceptors (Lipinski definition) is 2. The fraction of sp³-hybridized carbons (Fsp3) is 1.00. The van der Waals surface area contributed by atoms with Crippen LogP contribution in [0.2, 0.25) is 0 Å². The van der Waals surface area contributed by atoms with Gasteiger partial charge in [0, 0.05) is 18.1 Å². The molecule has 2 aliphatic rings. The molecule has 0 aromatic heterocycles. The third-order valence-electron chi connectivity index (χ3n) is 5.66. The Morgan fingerprint density at radius 1 is 1.16 bits per heavy atom. The van der Waals surface area contributed by atoms with Crippen molar-refractivity contribution in [3.05, 3.63) is 0 Å². The van der Waals surface area contributed by atoms with E-state index in [-0.39, 0.29) is 0 Å². The quantitative estimate of drug-likeness (QED) is 0.795. The highest BCUT2D eigenvalue weighted by molar-refractivity contribution is 5.02. The highest BCUT2D eigenvalue weighted by Gasteiger charge is 2.46. The lowest BCUT2D eigenvalue weighted by Gasteiger charge is -2.50. The molecule has 2 saturated carbocycles. The van der Waals surface area contributed by atoms with Gasteiger partial charge in [0.05, 0.1) is 0 Å². The summed E-state index contributed by atoms with van der Waals surface area (Å²) in [6.45, 7) is 11.7. The standard InChI is InChI=1S/C17H34N2/c1-13(2)8-10-19(16-5-6-16)17(12-18)9-7-14(3)15(4)11-17/h13-16H,5-12,18H2,1-4H3. The largest absolute Gasteiger partial charge is 0.329 e. The summed E-state index contributed by atoms with van der Waals surface area (Å²) in [5, 5.41) is 0. The molecule has 3 unspecified atom stereocenters. The third-order valence-corrected chi connectivity index (χ3v) is 5.66. The Bertz CT molecular complexity index is 285. The van der Waals surface area contributed by atoms with Crippen molar-refractivity contribution in [2.45, 2.75) is 77.8 Å². The van der Waals surface area contributed by atoms with Crippen molar-refractivity contribution in [2.24, 2.45) is 23.5 Å². The molecule has 2 fully saturated rings. The molecule has 112 valence electrons. The maximum Gasteiger partial charge on any atom is 0.0337 e. The third kappa shape index (κ3) is 3.52. The highest BCUT2D eigenvalue weighted by atomic mass is 15.3. The minimum absolute atomic E-state index is 0.321. The van der Waals surface area contributed by atoms with E-state index in [1.807, 2.05) is 0 Å². The van der Waals surface area contributed by atoms with Gasteiger partial charge < -0.3 is 5.73 Å². The van der Waals surface area contributed by atoms with Crippen molar-refractivity contribution < 1.29 is 0 Å². The van der Waals surface area contributed by atoms with Gasteiger partial charge in [-0.1, -0.05) is 27.7 Å². The normalized spacial score (nSPS) is 36.2. The van der Waals surface area contributed by atoms with Crippen molar-refractivity contribution in [1.29, 1.82) is 0 Å².